The molecule has 0 unspecified atom stereocenters. The lowest BCUT2D eigenvalue weighted by molar-refractivity contribution is 0.0680. The first-order valence-corrected chi connectivity index (χ1v) is 7.59. The molecular weight excluding hydrogens is 264 g/mol. The van der Waals surface area contributed by atoms with Gasteiger partial charge in [-0.1, -0.05) is 31.6 Å². The Morgan fingerprint density at radius 2 is 2.19 bits per heavy atom. The first-order chi connectivity index (χ1) is 10.2. The van der Waals surface area contributed by atoms with E-state index in [-0.39, 0.29) is 12.5 Å². The molecule has 0 saturated carbocycles. The van der Waals surface area contributed by atoms with E-state index in [1.807, 2.05) is 4.90 Å². The Labute approximate surface area is 126 Å². The van der Waals surface area contributed by atoms with Crippen molar-refractivity contribution in [3.8, 4) is 11.8 Å². The number of aliphatic hydroxyl groups is 1. The van der Waals surface area contributed by atoms with E-state index < -0.39 is 0 Å². The average Bonchev–Trinajstić information content (AvgIpc) is 2.54. The zero-order valence-electron chi connectivity index (χ0n) is 12.5. The summed E-state index contributed by atoms with van der Waals surface area (Å²) >= 11 is 0. The maximum Gasteiger partial charge on any atom is 0.272 e. The van der Waals surface area contributed by atoms with Crippen LogP contribution < -0.4 is 0 Å². The van der Waals surface area contributed by atoms with E-state index in [2.05, 4.69) is 23.7 Å². The Bertz CT molecular complexity index is 520. The van der Waals surface area contributed by atoms with Gasteiger partial charge in [0.2, 0.25) is 0 Å². The van der Waals surface area contributed by atoms with Crippen molar-refractivity contribution in [1.29, 1.82) is 0 Å². The van der Waals surface area contributed by atoms with E-state index in [0.717, 1.165) is 31.8 Å². The minimum Gasteiger partial charge on any atom is -0.384 e. The first kappa shape index (κ1) is 15.5. The monoisotopic (exact) mass is 286 g/mol. The number of hydrogen-bond acceptors (Lipinski definition) is 3. The minimum absolute atomic E-state index is 0.00613. The summed E-state index contributed by atoms with van der Waals surface area (Å²) in [7, 11) is 0. The van der Waals surface area contributed by atoms with Crippen molar-refractivity contribution in [3.05, 3.63) is 29.6 Å². The van der Waals surface area contributed by atoms with E-state index >= 15 is 0 Å². The third-order valence-electron chi connectivity index (χ3n) is 3.89. The van der Waals surface area contributed by atoms with Crippen LogP contribution in [-0.2, 0) is 0 Å². The Hall–Kier alpha value is -1.86. The number of rotatable bonds is 3. The lowest BCUT2D eigenvalue weighted by Gasteiger charge is -2.31. The maximum absolute atomic E-state index is 12.4. The third kappa shape index (κ3) is 4.30. The standard InChI is InChI=1S/C17H22N2O2/c1-2-4-14-8-10-19(11-9-14)17(21)16-7-6-15(13-18-16)5-3-12-20/h6-7,13-14,20H,2,4,8-12H2,1H3. The third-order valence-corrected chi connectivity index (χ3v) is 3.89. The van der Waals surface area contributed by atoms with Gasteiger partial charge in [0.1, 0.15) is 12.3 Å². The smallest absolute Gasteiger partial charge is 0.272 e. The highest BCUT2D eigenvalue weighted by Gasteiger charge is 2.23. The van der Waals surface area contributed by atoms with Crippen molar-refractivity contribution in [2.75, 3.05) is 19.7 Å². The maximum atomic E-state index is 12.4. The summed E-state index contributed by atoms with van der Waals surface area (Å²) < 4.78 is 0. The number of carbonyl (C=O) groups is 1. The molecule has 4 heteroatoms. The molecule has 1 aromatic rings. The van der Waals surface area contributed by atoms with Crippen LogP contribution in [0.4, 0.5) is 0 Å². The van der Waals surface area contributed by atoms with Crippen molar-refractivity contribution in [2.45, 2.75) is 32.6 Å². The molecule has 1 N–H and O–H groups in total. The highest BCUT2D eigenvalue weighted by atomic mass is 16.2. The molecule has 1 aromatic heterocycles. The molecule has 2 rings (SSSR count). The number of piperidine rings is 1. The second-order valence-corrected chi connectivity index (χ2v) is 5.42. The summed E-state index contributed by atoms with van der Waals surface area (Å²) in [5.74, 6) is 6.11. The topological polar surface area (TPSA) is 53.4 Å². The van der Waals surface area contributed by atoms with E-state index in [0.29, 0.717) is 11.3 Å². The van der Waals surface area contributed by atoms with Crippen molar-refractivity contribution in [3.63, 3.8) is 0 Å². The van der Waals surface area contributed by atoms with Gasteiger partial charge in [0.15, 0.2) is 0 Å². The van der Waals surface area contributed by atoms with E-state index in [1.165, 1.54) is 12.8 Å². The average molecular weight is 286 g/mol. The highest BCUT2D eigenvalue weighted by molar-refractivity contribution is 5.92. The summed E-state index contributed by atoms with van der Waals surface area (Å²) in [4.78, 5) is 18.5. The van der Waals surface area contributed by atoms with Gasteiger partial charge >= 0.3 is 0 Å². The van der Waals surface area contributed by atoms with Crippen molar-refractivity contribution >= 4 is 5.91 Å². The first-order valence-electron chi connectivity index (χ1n) is 7.59. The van der Waals surface area contributed by atoms with Crippen LogP contribution in [0.2, 0.25) is 0 Å². The number of carbonyl (C=O) groups excluding carboxylic acids is 1. The van der Waals surface area contributed by atoms with Crippen molar-refractivity contribution < 1.29 is 9.90 Å². The number of hydrogen-bond donors (Lipinski definition) is 1. The van der Waals surface area contributed by atoms with Crippen LogP contribution in [0.3, 0.4) is 0 Å². The van der Waals surface area contributed by atoms with Crippen LogP contribution in [0.25, 0.3) is 0 Å². The molecule has 4 nitrogen and oxygen atoms in total. The number of nitrogens with zero attached hydrogens (tertiary/aromatic N) is 2. The zero-order chi connectivity index (χ0) is 15.1. The van der Waals surface area contributed by atoms with Crippen LogP contribution in [0.1, 0.15) is 48.7 Å². The largest absolute Gasteiger partial charge is 0.384 e. The fraction of sp³-hybridized carbons (Fsp3) is 0.529. The van der Waals surface area contributed by atoms with Gasteiger partial charge in [-0.05, 0) is 30.9 Å². The molecule has 0 atom stereocenters. The predicted molar refractivity (Wildman–Crippen MR) is 81.7 cm³/mol. The Morgan fingerprint density at radius 1 is 1.43 bits per heavy atom. The van der Waals surface area contributed by atoms with Crippen LogP contribution in [0.5, 0.6) is 0 Å². The van der Waals surface area contributed by atoms with Crippen molar-refractivity contribution in [2.24, 2.45) is 5.92 Å². The van der Waals surface area contributed by atoms with E-state index in [1.54, 1.807) is 18.3 Å². The highest BCUT2D eigenvalue weighted by Crippen LogP contribution is 2.22. The number of likely N-dealkylation sites (tertiary alicyclic amines) is 1. The van der Waals surface area contributed by atoms with E-state index in [9.17, 15) is 4.79 Å². The Morgan fingerprint density at radius 3 is 2.76 bits per heavy atom. The summed E-state index contributed by atoms with van der Waals surface area (Å²) in [5.41, 5.74) is 1.18. The van der Waals surface area contributed by atoms with Crippen LogP contribution in [-0.4, -0.2) is 40.6 Å². The van der Waals surface area contributed by atoms with Gasteiger partial charge < -0.3 is 10.0 Å². The molecule has 0 radical (unpaired) electrons. The van der Waals surface area contributed by atoms with Gasteiger partial charge in [0.05, 0.1) is 0 Å². The van der Waals surface area contributed by atoms with E-state index in [4.69, 9.17) is 5.11 Å². The van der Waals surface area contributed by atoms with Gasteiger partial charge in [-0.2, -0.15) is 0 Å². The fourth-order valence-corrected chi connectivity index (χ4v) is 2.73. The lowest BCUT2D eigenvalue weighted by Crippen LogP contribution is -2.38. The second kappa shape index (κ2) is 7.80. The van der Waals surface area contributed by atoms with Gasteiger partial charge in [0, 0.05) is 24.8 Å². The summed E-state index contributed by atoms with van der Waals surface area (Å²) in [6.07, 6.45) is 6.26. The zero-order valence-corrected chi connectivity index (χ0v) is 12.5. The quantitative estimate of drug-likeness (QED) is 0.866. The summed E-state index contributed by atoms with van der Waals surface area (Å²) in [5, 5.41) is 8.65. The van der Waals surface area contributed by atoms with Crippen LogP contribution in [0, 0.1) is 17.8 Å². The molecule has 1 saturated heterocycles. The van der Waals surface area contributed by atoms with Crippen LogP contribution >= 0.6 is 0 Å². The molecule has 1 fully saturated rings. The molecule has 1 aliphatic heterocycles. The molecule has 0 bridgehead atoms. The number of aromatic nitrogens is 1. The van der Waals surface area contributed by atoms with Crippen LogP contribution in [0.15, 0.2) is 18.3 Å². The molecule has 112 valence electrons. The fourth-order valence-electron chi connectivity index (χ4n) is 2.73. The molecular formula is C17H22N2O2. The summed E-state index contributed by atoms with van der Waals surface area (Å²) in [6, 6.07) is 3.48. The number of aliphatic hydroxyl groups excluding tert-OH is 1. The predicted octanol–water partition coefficient (Wildman–Crippen LogP) is 2.08. The molecule has 1 aliphatic rings. The van der Waals surface area contributed by atoms with Gasteiger partial charge in [0.25, 0.3) is 5.91 Å². The molecule has 0 spiro atoms. The number of pyridine rings is 1. The summed E-state index contributed by atoms with van der Waals surface area (Å²) in [6.45, 7) is 3.70. The Kier molecular flexibility index (Phi) is 5.77. The lowest BCUT2D eigenvalue weighted by atomic mass is 9.92. The molecule has 21 heavy (non-hydrogen) atoms. The molecule has 1 amide bonds. The molecule has 0 aliphatic carbocycles. The SMILES string of the molecule is CCCC1CCN(C(=O)c2ccc(C#CCO)cn2)CC1. The van der Waals surface area contributed by atoms with Gasteiger partial charge in [-0.25, -0.2) is 4.98 Å². The van der Waals surface area contributed by atoms with Gasteiger partial charge in [-0.3, -0.25) is 4.79 Å². The van der Waals surface area contributed by atoms with Crippen molar-refractivity contribution in [1.82, 2.24) is 9.88 Å². The number of amides is 1. The minimum atomic E-state index is -0.173. The normalized spacial score (nSPS) is 15.4. The molecule has 2 heterocycles. The second-order valence-electron chi connectivity index (χ2n) is 5.42. The molecule has 0 aromatic carbocycles. The van der Waals surface area contributed by atoms with Gasteiger partial charge in [-0.15, -0.1) is 0 Å². The Balaban J connectivity index is 1.94.